The molecule has 2 aromatic rings. The smallest absolute Gasteiger partial charge is 0.176 e. The topological polar surface area (TPSA) is 20.3 Å². The number of likely N-dealkylation sites (N-methyl/N-ethyl adjacent to an activating group) is 1. The van der Waals surface area contributed by atoms with Gasteiger partial charge in [0, 0.05) is 21.0 Å². The number of rotatable bonds is 5. The van der Waals surface area contributed by atoms with Gasteiger partial charge in [0.25, 0.3) is 0 Å². The Morgan fingerprint density at radius 3 is 2.58 bits per heavy atom. The van der Waals surface area contributed by atoms with Crippen LogP contribution in [0.5, 0.6) is 0 Å². The van der Waals surface area contributed by atoms with Gasteiger partial charge in [-0.3, -0.25) is 9.69 Å². The molecule has 0 amide bonds. The Labute approximate surface area is 126 Å². The molecule has 2 rings (SSSR count). The van der Waals surface area contributed by atoms with Crippen LogP contribution < -0.4 is 0 Å². The van der Waals surface area contributed by atoms with E-state index in [0.717, 1.165) is 10.0 Å². The Morgan fingerprint density at radius 1 is 1.32 bits per heavy atom. The summed E-state index contributed by atoms with van der Waals surface area (Å²) in [6, 6.07) is 11.9. The van der Waals surface area contributed by atoms with E-state index in [0.29, 0.717) is 6.54 Å². The van der Waals surface area contributed by atoms with Crippen LogP contribution in [0, 0.1) is 0 Å². The summed E-state index contributed by atoms with van der Waals surface area (Å²) in [6.07, 6.45) is 0. The van der Waals surface area contributed by atoms with E-state index in [1.165, 1.54) is 4.88 Å². The van der Waals surface area contributed by atoms with Crippen LogP contribution in [0.4, 0.5) is 0 Å². The van der Waals surface area contributed by atoms with Crippen molar-refractivity contribution in [2.75, 3.05) is 13.6 Å². The van der Waals surface area contributed by atoms with Gasteiger partial charge < -0.3 is 0 Å². The molecule has 0 saturated heterocycles. The molecule has 4 heteroatoms. The van der Waals surface area contributed by atoms with Crippen molar-refractivity contribution < 1.29 is 4.79 Å². The standard InChI is InChI=1S/C15H16BrNOS/c1-11(15-4-3-9-19-15)17(2)10-14(18)12-5-7-13(16)8-6-12/h3-9,11H,10H2,1-2H3. The molecule has 0 spiro atoms. The van der Waals surface area contributed by atoms with Gasteiger partial charge in [-0.05, 0) is 37.6 Å². The monoisotopic (exact) mass is 337 g/mol. The molecule has 1 aromatic heterocycles. The summed E-state index contributed by atoms with van der Waals surface area (Å²) >= 11 is 5.10. The molecule has 0 saturated carbocycles. The second kappa shape index (κ2) is 6.46. The van der Waals surface area contributed by atoms with Crippen molar-refractivity contribution in [3.05, 3.63) is 56.7 Å². The van der Waals surface area contributed by atoms with Crippen LogP contribution in [0.3, 0.4) is 0 Å². The third-order valence-corrected chi connectivity index (χ3v) is 4.75. The third kappa shape index (κ3) is 3.75. The molecular formula is C15H16BrNOS. The molecule has 1 aromatic carbocycles. The third-order valence-electron chi connectivity index (χ3n) is 3.18. The number of hydrogen-bond acceptors (Lipinski definition) is 3. The lowest BCUT2D eigenvalue weighted by Crippen LogP contribution is -2.28. The second-order valence-corrected chi connectivity index (χ2v) is 6.43. The van der Waals surface area contributed by atoms with Crippen LogP contribution >= 0.6 is 27.3 Å². The van der Waals surface area contributed by atoms with Gasteiger partial charge in [0.2, 0.25) is 0 Å². The van der Waals surface area contributed by atoms with E-state index < -0.39 is 0 Å². The molecule has 19 heavy (non-hydrogen) atoms. The lowest BCUT2D eigenvalue weighted by Gasteiger charge is -2.22. The van der Waals surface area contributed by atoms with Crippen LogP contribution in [-0.2, 0) is 0 Å². The Hall–Kier alpha value is -0.970. The lowest BCUT2D eigenvalue weighted by atomic mass is 10.1. The maximum atomic E-state index is 12.2. The average molecular weight is 338 g/mol. The Bertz CT molecular complexity index is 536. The molecule has 1 unspecified atom stereocenters. The first-order valence-corrected chi connectivity index (χ1v) is 7.77. The van der Waals surface area contributed by atoms with E-state index in [-0.39, 0.29) is 11.8 Å². The summed E-state index contributed by atoms with van der Waals surface area (Å²) < 4.78 is 0.990. The molecule has 0 aliphatic rings. The van der Waals surface area contributed by atoms with Crippen molar-refractivity contribution in [3.8, 4) is 0 Å². The lowest BCUT2D eigenvalue weighted by molar-refractivity contribution is 0.0926. The molecule has 1 heterocycles. The number of Topliss-reactive ketones (excluding diaryl/α,β-unsaturated/α-hetero) is 1. The van der Waals surface area contributed by atoms with Gasteiger partial charge in [-0.1, -0.05) is 34.1 Å². The summed E-state index contributed by atoms with van der Waals surface area (Å²) in [5, 5.41) is 2.07. The number of hydrogen-bond donors (Lipinski definition) is 0. The fraction of sp³-hybridized carbons (Fsp3) is 0.267. The number of ketones is 1. The zero-order chi connectivity index (χ0) is 13.8. The number of benzene rings is 1. The van der Waals surface area contributed by atoms with Gasteiger partial charge >= 0.3 is 0 Å². The Kier molecular flexibility index (Phi) is 4.91. The summed E-state index contributed by atoms with van der Waals surface area (Å²) in [4.78, 5) is 15.5. The van der Waals surface area contributed by atoms with E-state index in [1.54, 1.807) is 11.3 Å². The normalized spacial score (nSPS) is 12.6. The molecule has 0 N–H and O–H groups in total. The summed E-state index contributed by atoms with van der Waals surface area (Å²) in [5.41, 5.74) is 0.758. The molecule has 1 atom stereocenters. The van der Waals surface area contributed by atoms with Crippen molar-refractivity contribution in [1.82, 2.24) is 4.90 Å². The molecule has 0 bridgehead atoms. The van der Waals surface area contributed by atoms with Gasteiger partial charge in [-0.2, -0.15) is 0 Å². The molecule has 2 nitrogen and oxygen atoms in total. The quantitative estimate of drug-likeness (QED) is 0.754. The van der Waals surface area contributed by atoms with Gasteiger partial charge in [0.05, 0.1) is 6.54 Å². The first-order chi connectivity index (χ1) is 9.08. The molecule has 0 aliphatic carbocycles. The highest BCUT2D eigenvalue weighted by molar-refractivity contribution is 9.10. The first-order valence-electron chi connectivity index (χ1n) is 6.10. The maximum absolute atomic E-state index is 12.2. The van der Waals surface area contributed by atoms with Crippen molar-refractivity contribution in [3.63, 3.8) is 0 Å². The fourth-order valence-electron chi connectivity index (χ4n) is 1.84. The highest BCUT2D eigenvalue weighted by atomic mass is 79.9. The van der Waals surface area contributed by atoms with Crippen molar-refractivity contribution >= 4 is 33.0 Å². The van der Waals surface area contributed by atoms with Gasteiger partial charge in [-0.25, -0.2) is 0 Å². The second-order valence-electron chi connectivity index (χ2n) is 4.54. The summed E-state index contributed by atoms with van der Waals surface area (Å²) in [5.74, 6) is 0.151. The molecule has 0 fully saturated rings. The minimum Gasteiger partial charge on any atom is -0.293 e. The molecule has 0 aliphatic heterocycles. The molecule has 0 radical (unpaired) electrons. The highest BCUT2D eigenvalue weighted by Crippen LogP contribution is 2.23. The van der Waals surface area contributed by atoms with E-state index in [9.17, 15) is 4.79 Å². The number of carbonyl (C=O) groups excluding carboxylic acids is 1. The zero-order valence-electron chi connectivity index (χ0n) is 11.0. The summed E-state index contributed by atoms with van der Waals surface area (Å²) in [6.45, 7) is 2.56. The van der Waals surface area contributed by atoms with E-state index in [2.05, 4.69) is 39.2 Å². The van der Waals surface area contributed by atoms with Gasteiger partial charge in [-0.15, -0.1) is 11.3 Å². The zero-order valence-corrected chi connectivity index (χ0v) is 13.4. The minimum absolute atomic E-state index is 0.151. The largest absolute Gasteiger partial charge is 0.293 e. The molecule has 100 valence electrons. The van der Waals surface area contributed by atoms with Crippen LogP contribution in [0.25, 0.3) is 0 Å². The van der Waals surface area contributed by atoms with Crippen molar-refractivity contribution in [1.29, 1.82) is 0 Å². The first kappa shape index (κ1) is 14.4. The SMILES string of the molecule is CC(c1cccs1)N(C)CC(=O)c1ccc(Br)cc1. The van der Waals surface area contributed by atoms with E-state index in [1.807, 2.05) is 37.4 Å². The average Bonchev–Trinajstić information content (AvgIpc) is 2.92. The van der Waals surface area contributed by atoms with Gasteiger partial charge in [0.15, 0.2) is 5.78 Å². The highest BCUT2D eigenvalue weighted by Gasteiger charge is 2.16. The Morgan fingerprint density at radius 2 is 2.00 bits per heavy atom. The van der Waals surface area contributed by atoms with Gasteiger partial charge in [0.1, 0.15) is 0 Å². The number of nitrogens with zero attached hydrogens (tertiary/aromatic N) is 1. The maximum Gasteiger partial charge on any atom is 0.176 e. The number of thiophene rings is 1. The van der Waals surface area contributed by atoms with E-state index in [4.69, 9.17) is 0 Å². The predicted molar refractivity (Wildman–Crippen MR) is 83.8 cm³/mol. The number of halogens is 1. The van der Waals surface area contributed by atoms with Crippen LogP contribution in [0.15, 0.2) is 46.3 Å². The predicted octanol–water partition coefficient (Wildman–Crippen LogP) is 4.39. The van der Waals surface area contributed by atoms with Crippen molar-refractivity contribution in [2.24, 2.45) is 0 Å². The van der Waals surface area contributed by atoms with Crippen molar-refractivity contribution in [2.45, 2.75) is 13.0 Å². The van der Waals surface area contributed by atoms with Crippen LogP contribution in [0.2, 0.25) is 0 Å². The minimum atomic E-state index is 0.151. The van der Waals surface area contributed by atoms with Crippen LogP contribution in [0.1, 0.15) is 28.2 Å². The van der Waals surface area contributed by atoms with E-state index >= 15 is 0 Å². The Balaban J connectivity index is 2.00. The fourth-order valence-corrected chi connectivity index (χ4v) is 2.95. The summed E-state index contributed by atoms with van der Waals surface area (Å²) in [7, 11) is 1.99. The number of carbonyl (C=O) groups is 1. The van der Waals surface area contributed by atoms with Crippen LogP contribution in [-0.4, -0.2) is 24.3 Å². The molecular weight excluding hydrogens is 322 g/mol.